The monoisotopic (exact) mass is 520 g/mol. The molecule has 166 valence electrons. The zero-order valence-corrected chi connectivity index (χ0v) is 20.4. The van der Waals surface area contributed by atoms with E-state index in [1.54, 1.807) is 19.2 Å². The molecule has 1 aliphatic rings. The fourth-order valence-corrected chi connectivity index (χ4v) is 3.38. The summed E-state index contributed by atoms with van der Waals surface area (Å²) in [6.45, 7) is 12.1. The molecule has 0 spiro atoms. The quantitative estimate of drug-likeness (QED) is 0.264. The summed E-state index contributed by atoms with van der Waals surface area (Å²) < 4.78 is 10.7. The van der Waals surface area contributed by atoms with Crippen molar-refractivity contribution < 1.29 is 14.6 Å². The molecule has 0 radical (unpaired) electrons. The fraction of sp³-hybridized carbons (Fsp3) is 0.667. The second-order valence-corrected chi connectivity index (χ2v) is 7.50. The van der Waals surface area contributed by atoms with Gasteiger partial charge in [0.15, 0.2) is 5.96 Å². The molecule has 29 heavy (non-hydrogen) atoms. The van der Waals surface area contributed by atoms with E-state index in [2.05, 4.69) is 34.4 Å². The van der Waals surface area contributed by atoms with E-state index < -0.39 is 0 Å². The summed E-state index contributed by atoms with van der Waals surface area (Å²) in [4.78, 5) is 7.16. The van der Waals surface area contributed by atoms with Gasteiger partial charge in [-0.25, -0.2) is 4.99 Å². The van der Waals surface area contributed by atoms with E-state index in [1.807, 2.05) is 13.0 Å². The maximum Gasteiger partial charge on any atom is 0.191 e. The van der Waals surface area contributed by atoms with Crippen LogP contribution < -0.4 is 15.4 Å². The van der Waals surface area contributed by atoms with Crippen LogP contribution in [0.15, 0.2) is 23.2 Å². The number of nitrogens with zero attached hydrogens (tertiary/aromatic N) is 2. The molecule has 0 bridgehead atoms. The van der Waals surface area contributed by atoms with Crippen LogP contribution in [0.5, 0.6) is 11.5 Å². The first-order valence-electron chi connectivity index (χ1n) is 10.2. The van der Waals surface area contributed by atoms with Gasteiger partial charge in [0.1, 0.15) is 11.5 Å². The summed E-state index contributed by atoms with van der Waals surface area (Å²) in [6, 6.07) is 5.64. The molecule has 3 N–H and O–H groups in total. The number of nitrogens with one attached hydrogen (secondary N) is 2. The van der Waals surface area contributed by atoms with Gasteiger partial charge in [-0.05, 0) is 37.5 Å². The van der Waals surface area contributed by atoms with Gasteiger partial charge in [-0.1, -0.05) is 13.8 Å². The van der Waals surface area contributed by atoms with Crippen LogP contribution in [0.4, 0.5) is 0 Å². The number of phenolic OH excluding ortho intramolecular Hbond substituents is 1. The average molecular weight is 520 g/mol. The van der Waals surface area contributed by atoms with E-state index in [0.717, 1.165) is 57.3 Å². The number of benzene rings is 1. The maximum absolute atomic E-state index is 10.1. The Morgan fingerprint density at radius 1 is 1.28 bits per heavy atom. The number of phenols is 1. The third-order valence-corrected chi connectivity index (χ3v) is 4.85. The molecule has 2 rings (SSSR count). The van der Waals surface area contributed by atoms with Crippen molar-refractivity contribution in [3.8, 4) is 11.5 Å². The van der Waals surface area contributed by atoms with Gasteiger partial charge in [-0.15, -0.1) is 24.0 Å². The number of ether oxygens (including phenoxy) is 2. The lowest BCUT2D eigenvalue weighted by atomic mass is 10.0. The number of hydrogen-bond acceptors (Lipinski definition) is 5. The first-order valence-corrected chi connectivity index (χ1v) is 10.2. The fourth-order valence-electron chi connectivity index (χ4n) is 3.38. The standard InChI is InChI=1S/C21H36N4O3.HI/c1-5-22-21(23-14-17-13-19(27-4)6-7-20(17)26)24-15-18(12-16(2)3)25-8-10-28-11-9-25;/h6-7,13,16,18,26H,5,8-12,14-15H2,1-4H3,(H2,22,23,24);1H. The van der Waals surface area contributed by atoms with Crippen LogP contribution in [-0.4, -0.2) is 68.5 Å². The Labute approximate surface area is 192 Å². The van der Waals surface area contributed by atoms with Crippen molar-refractivity contribution in [1.82, 2.24) is 15.5 Å². The highest BCUT2D eigenvalue weighted by atomic mass is 127. The van der Waals surface area contributed by atoms with Gasteiger partial charge in [-0.2, -0.15) is 0 Å². The number of aliphatic imine (C=N–C) groups is 1. The molecule has 1 unspecified atom stereocenters. The Kier molecular flexibility index (Phi) is 12.3. The van der Waals surface area contributed by atoms with Crippen LogP contribution in [0.25, 0.3) is 0 Å². The predicted octanol–water partition coefficient (Wildman–Crippen LogP) is 2.82. The van der Waals surface area contributed by atoms with Crippen LogP contribution in [0.3, 0.4) is 0 Å². The minimum atomic E-state index is 0. The van der Waals surface area contributed by atoms with E-state index in [1.165, 1.54) is 0 Å². The molecule has 0 aliphatic carbocycles. The molecule has 0 aromatic heterocycles. The van der Waals surface area contributed by atoms with Crippen LogP contribution in [-0.2, 0) is 11.3 Å². The molecule has 1 fully saturated rings. The van der Waals surface area contributed by atoms with Crippen molar-refractivity contribution >= 4 is 29.9 Å². The number of morpholine rings is 1. The molecule has 1 saturated heterocycles. The zero-order chi connectivity index (χ0) is 20.4. The Hall–Kier alpha value is -1.26. The van der Waals surface area contributed by atoms with Crippen LogP contribution in [0.1, 0.15) is 32.8 Å². The molecule has 1 aliphatic heterocycles. The molecule has 1 aromatic rings. The van der Waals surface area contributed by atoms with Crippen molar-refractivity contribution in [2.24, 2.45) is 10.9 Å². The van der Waals surface area contributed by atoms with Crippen molar-refractivity contribution in [1.29, 1.82) is 0 Å². The lowest BCUT2D eigenvalue weighted by Gasteiger charge is -2.35. The predicted molar refractivity (Wildman–Crippen MR) is 129 cm³/mol. The molecule has 8 heteroatoms. The first kappa shape index (κ1) is 25.8. The highest BCUT2D eigenvalue weighted by Gasteiger charge is 2.22. The number of aromatic hydroxyl groups is 1. The van der Waals surface area contributed by atoms with Crippen molar-refractivity contribution in [2.45, 2.75) is 39.8 Å². The second-order valence-electron chi connectivity index (χ2n) is 7.50. The van der Waals surface area contributed by atoms with Crippen LogP contribution >= 0.6 is 24.0 Å². The Morgan fingerprint density at radius 2 is 2.00 bits per heavy atom. The third kappa shape index (κ3) is 8.96. The van der Waals surface area contributed by atoms with E-state index in [9.17, 15) is 5.11 Å². The molecule has 0 saturated carbocycles. The first-order chi connectivity index (χ1) is 13.5. The Bertz CT molecular complexity index is 622. The Morgan fingerprint density at radius 3 is 2.62 bits per heavy atom. The summed E-state index contributed by atoms with van der Waals surface area (Å²) >= 11 is 0. The van der Waals surface area contributed by atoms with Crippen molar-refractivity contribution in [2.75, 3.05) is 46.5 Å². The maximum atomic E-state index is 10.1. The summed E-state index contributed by atoms with van der Waals surface area (Å²) in [5.74, 6) is 2.33. The number of halogens is 1. The minimum Gasteiger partial charge on any atom is -0.508 e. The van der Waals surface area contributed by atoms with Crippen molar-refractivity contribution in [3.05, 3.63) is 23.8 Å². The van der Waals surface area contributed by atoms with E-state index >= 15 is 0 Å². The molecule has 7 nitrogen and oxygen atoms in total. The number of hydrogen-bond donors (Lipinski definition) is 3. The lowest BCUT2D eigenvalue weighted by molar-refractivity contribution is 0.0132. The van der Waals surface area contributed by atoms with Gasteiger partial charge in [0, 0.05) is 37.8 Å². The summed E-state index contributed by atoms with van der Waals surface area (Å²) in [6.07, 6.45) is 1.13. The zero-order valence-electron chi connectivity index (χ0n) is 18.1. The summed E-state index contributed by atoms with van der Waals surface area (Å²) in [7, 11) is 1.62. The van der Waals surface area contributed by atoms with E-state index in [4.69, 9.17) is 9.47 Å². The molecular weight excluding hydrogens is 483 g/mol. The topological polar surface area (TPSA) is 78.4 Å². The smallest absolute Gasteiger partial charge is 0.191 e. The van der Waals surface area contributed by atoms with E-state index in [0.29, 0.717) is 24.3 Å². The second kappa shape index (κ2) is 13.9. The minimum absolute atomic E-state index is 0. The molecule has 1 heterocycles. The van der Waals surface area contributed by atoms with Gasteiger partial charge in [0.25, 0.3) is 0 Å². The lowest BCUT2D eigenvalue weighted by Crippen LogP contribution is -2.51. The molecular formula is C21H37IN4O3. The number of guanidine groups is 1. The van der Waals surface area contributed by atoms with Crippen molar-refractivity contribution in [3.63, 3.8) is 0 Å². The van der Waals surface area contributed by atoms with E-state index in [-0.39, 0.29) is 29.7 Å². The molecule has 1 aromatic carbocycles. The largest absolute Gasteiger partial charge is 0.508 e. The SMILES string of the molecule is CCNC(=NCc1cc(OC)ccc1O)NCC(CC(C)C)N1CCOCC1.I. The van der Waals surface area contributed by atoms with Gasteiger partial charge in [0.05, 0.1) is 26.9 Å². The highest BCUT2D eigenvalue weighted by molar-refractivity contribution is 14.0. The number of rotatable bonds is 9. The van der Waals surface area contributed by atoms with Gasteiger partial charge >= 0.3 is 0 Å². The normalized spacial score (nSPS) is 16.2. The van der Waals surface area contributed by atoms with Gasteiger partial charge in [-0.3, -0.25) is 4.90 Å². The van der Waals surface area contributed by atoms with Crippen LogP contribution in [0, 0.1) is 5.92 Å². The summed E-state index contributed by atoms with van der Waals surface area (Å²) in [5, 5.41) is 16.9. The Balaban J connectivity index is 0.00000420. The summed E-state index contributed by atoms with van der Waals surface area (Å²) in [5.41, 5.74) is 0.739. The van der Waals surface area contributed by atoms with Gasteiger partial charge in [0.2, 0.25) is 0 Å². The average Bonchev–Trinajstić information content (AvgIpc) is 2.70. The third-order valence-electron chi connectivity index (χ3n) is 4.85. The van der Waals surface area contributed by atoms with Gasteiger partial charge < -0.3 is 25.2 Å². The molecule has 1 atom stereocenters. The molecule has 0 amide bonds. The van der Waals surface area contributed by atoms with Crippen LogP contribution in [0.2, 0.25) is 0 Å². The highest BCUT2D eigenvalue weighted by Crippen LogP contribution is 2.23. The number of methoxy groups -OCH3 is 1.